The highest BCUT2D eigenvalue weighted by molar-refractivity contribution is 5.97. The van der Waals surface area contributed by atoms with Crippen molar-refractivity contribution in [2.75, 3.05) is 13.9 Å². The Kier molecular flexibility index (Phi) is 3.30. The van der Waals surface area contributed by atoms with E-state index in [9.17, 15) is 4.79 Å². The number of hydrogen-bond donors (Lipinski definition) is 0. The quantitative estimate of drug-likeness (QED) is 0.861. The van der Waals surface area contributed by atoms with Gasteiger partial charge in [-0.05, 0) is 49.0 Å². The third-order valence-corrected chi connectivity index (χ3v) is 4.62. The highest BCUT2D eigenvalue weighted by Gasteiger charge is 2.39. The Morgan fingerprint density at radius 3 is 2.91 bits per heavy atom. The molecule has 2 heterocycles. The molecule has 1 aromatic rings. The molecule has 5 heteroatoms. The van der Waals surface area contributed by atoms with Gasteiger partial charge in [0.25, 0.3) is 5.91 Å². The van der Waals surface area contributed by atoms with Crippen LogP contribution in [0, 0.1) is 0 Å². The standard InChI is InChI=1S/C17H19NO4/c1-20-17-13-5-3-2-4-12(13)16(19)18(17)9-11-6-7-14-15(8-11)22-10-21-14/h6-8,17H,2-5,9-10H2,1H3/t17-/m0/s1. The minimum Gasteiger partial charge on any atom is -0.454 e. The van der Waals surface area contributed by atoms with Crippen LogP contribution in [0.4, 0.5) is 0 Å². The van der Waals surface area contributed by atoms with Gasteiger partial charge in [0, 0.05) is 19.2 Å². The van der Waals surface area contributed by atoms with Gasteiger partial charge in [-0.3, -0.25) is 4.79 Å². The lowest BCUT2D eigenvalue weighted by atomic mass is 9.93. The Balaban J connectivity index is 1.59. The van der Waals surface area contributed by atoms with Crippen molar-refractivity contribution in [1.82, 2.24) is 4.90 Å². The molecule has 0 saturated carbocycles. The van der Waals surface area contributed by atoms with Crippen molar-refractivity contribution in [3.05, 3.63) is 34.9 Å². The van der Waals surface area contributed by atoms with Crippen LogP contribution >= 0.6 is 0 Å². The number of benzene rings is 1. The van der Waals surface area contributed by atoms with Crippen LogP contribution in [0.3, 0.4) is 0 Å². The normalized spacial score (nSPS) is 23.2. The van der Waals surface area contributed by atoms with E-state index in [0.29, 0.717) is 6.54 Å². The van der Waals surface area contributed by atoms with E-state index in [1.54, 1.807) is 7.11 Å². The Labute approximate surface area is 129 Å². The third-order valence-electron chi connectivity index (χ3n) is 4.62. The van der Waals surface area contributed by atoms with Crippen molar-refractivity contribution in [1.29, 1.82) is 0 Å². The average molecular weight is 301 g/mol. The molecule has 0 spiro atoms. The number of methoxy groups -OCH3 is 1. The van der Waals surface area contributed by atoms with Crippen molar-refractivity contribution in [2.45, 2.75) is 38.5 Å². The number of rotatable bonds is 3. The summed E-state index contributed by atoms with van der Waals surface area (Å²) in [6.07, 6.45) is 3.87. The molecule has 0 N–H and O–H groups in total. The average Bonchev–Trinajstić information content (AvgIpc) is 3.11. The van der Waals surface area contributed by atoms with E-state index < -0.39 is 0 Å². The van der Waals surface area contributed by atoms with Crippen LogP contribution < -0.4 is 9.47 Å². The zero-order valence-corrected chi connectivity index (χ0v) is 12.6. The lowest BCUT2D eigenvalue weighted by Gasteiger charge is -2.26. The SMILES string of the molecule is CO[C@H]1C2=C(CCCC2)C(=O)N1Cc1ccc2c(c1)OCO2. The third kappa shape index (κ3) is 2.08. The summed E-state index contributed by atoms with van der Waals surface area (Å²) in [4.78, 5) is 14.5. The monoisotopic (exact) mass is 301 g/mol. The van der Waals surface area contributed by atoms with Gasteiger partial charge in [-0.2, -0.15) is 0 Å². The van der Waals surface area contributed by atoms with Gasteiger partial charge in [-0.15, -0.1) is 0 Å². The lowest BCUT2D eigenvalue weighted by molar-refractivity contribution is -0.134. The maximum Gasteiger partial charge on any atom is 0.252 e. The number of hydrogen-bond acceptors (Lipinski definition) is 4. The Hall–Kier alpha value is -2.01. The van der Waals surface area contributed by atoms with Gasteiger partial charge in [0.05, 0.1) is 0 Å². The molecule has 0 radical (unpaired) electrons. The van der Waals surface area contributed by atoms with Crippen LogP contribution in [0.2, 0.25) is 0 Å². The van der Waals surface area contributed by atoms with Crippen LogP contribution in [-0.2, 0) is 16.1 Å². The second kappa shape index (κ2) is 5.32. The molecular formula is C17H19NO4. The molecule has 0 bridgehead atoms. The summed E-state index contributed by atoms with van der Waals surface area (Å²) in [6.45, 7) is 0.791. The molecule has 0 unspecified atom stereocenters. The fourth-order valence-corrected chi connectivity index (χ4v) is 3.57. The smallest absolute Gasteiger partial charge is 0.252 e. The zero-order valence-electron chi connectivity index (χ0n) is 12.6. The van der Waals surface area contributed by atoms with E-state index in [1.165, 1.54) is 5.57 Å². The first kappa shape index (κ1) is 13.6. The summed E-state index contributed by atoms with van der Waals surface area (Å²) in [5.74, 6) is 1.63. The number of ether oxygens (including phenoxy) is 3. The second-order valence-electron chi connectivity index (χ2n) is 5.92. The first-order chi connectivity index (χ1) is 10.8. The largest absolute Gasteiger partial charge is 0.454 e. The van der Waals surface area contributed by atoms with Gasteiger partial charge >= 0.3 is 0 Å². The molecule has 1 amide bonds. The van der Waals surface area contributed by atoms with E-state index in [-0.39, 0.29) is 18.9 Å². The van der Waals surface area contributed by atoms with Crippen molar-refractivity contribution >= 4 is 5.91 Å². The molecule has 0 fully saturated rings. The summed E-state index contributed by atoms with van der Waals surface area (Å²) in [7, 11) is 1.68. The molecule has 1 aromatic carbocycles. The fraction of sp³-hybridized carbons (Fsp3) is 0.471. The van der Waals surface area contributed by atoms with E-state index in [1.807, 2.05) is 23.1 Å². The number of amides is 1. The summed E-state index contributed by atoms with van der Waals surface area (Å²) < 4.78 is 16.4. The summed E-state index contributed by atoms with van der Waals surface area (Å²) in [6, 6.07) is 5.82. The van der Waals surface area contributed by atoms with Crippen molar-refractivity contribution in [2.24, 2.45) is 0 Å². The van der Waals surface area contributed by atoms with Crippen LogP contribution in [-0.4, -0.2) is 30.9 Å². The molecule has 1 aliphatic carbocycles. The Morgan fingerprint density at radius 1 is 1.23 bits per heavy atom. The van der Waals surface area contributed by atoms with Crippen LogP contribution in [0.5, 0.6) is 11.5 Å². The van der Waals surface area contributed by atoms with Gasteiger partial charge in [0.1, 0.15) is 0 Å². The highest BCUT2D eigenvalue weighted by atomic mass is 16.7. The van der Waals surface area contributed by atoms with Gasteiger partial charge in [-0.1, -0.05) is 6.07 Å². The van der Waals surface area contributed by atoms with Crippen molar-refractivity contribution in [3.63, 3.8) is 0 Å². The molecule has 5 nitrogen and oxygen atoms in total. The maximum absolute atomic E-state index is 12.7. The van der Waals surface area contributed by atoms with Crippen molar-refractivity contribution in [3.8, 4) is 11.5 Å². The van der Waals surface area contributed by atoms with Gasteiger partial charge in [0.2, 0.25) is 6.79 Å². The second-order valence-corrected chi connectivity index (χ2v) is 5.92. The maximum atomic E-state index is 12.7. The molecule has 2 aliphatic heterocycles. The van der Waals surface area contributed by atoms with Crippen LogP contribution in [0.25, 0.3) is 0 Å². The number of carbonyl (C=O) groups is 1. The number of nitrogens with zero attached hydrogens (tertiary/aromatic N) is 1. The molecular weight excluding hydrogens is 282 g/mol. The van der Waals surface area contributed by atoms with Gasteiger partial charge < -0.3 is 19.1 Å². The summed E-state index contributed by atoms with van der Waals surface area (Å²) in [5.41, 5.74) is 3.18. The Bertz CT molecular complexity index is 652. The van der Waals surface area contributed by atoms with Crippen molar-refractivity contribution < 1.29 is 19.0 Å². The van der Waals surface area contributed by atoms with Crippen LogP contribution in [0.1, 0.15) is 31.2 Å². The minimum atomic E-state index is -0.215. The molecule has 0 saturated heterocycles. The molecule has 4 rings (SSSR count). The predicted molar refractivity (Wildman–Crippen MR) is 79.4 cm³/mol. The first-order valence-corrected chi connectivity index (χ1v) is 7.72. The van der Waals surface area contributed by atoms with E-state index in [4.69, 9.17) is 14.2 Å². The van der Waals surface area contributed by atoms with Gasteiger partial charge in [-0.25, -0.2) is 0 Å². The molecule has 116 valence electrons. The van der Waals surface area contributed by atoms with E-state index >= 15 is 0 Å². The minimum absolute atomic E-state index is 0.124. The predicted octanol–water partition coefficient (Wildman–Crippen LogP) is 2.60. The molecule has 1 atom stereocenters. The number of fused-ring (bicyclic) bond motifs is 1. The lowest BCUT2D eigenvalue weighted by Crippen LogP contribution is -2.36. The van der Waals surface area contributed by atoms with E-state index in [2.05, 4.69) is 0 Å². The zero-order chi connectivity index (χ0) is 15.1. The molecule has 0 aromatic heterocycles. The topological polar surface area (TPSA) is 48.0 Å². The van der Waals surface area contributed by atoms with Crippen LogP contribution in [0.15, 0.2) is 29.3 Å². The summed E-state index contributed by atoms with van der Waals surface area (Å²) in [5, 5.41) is 0. The van der Waals surface area contributed by atoms with E-state index in [0.717, 1.165) is 48.3 Å². The highest BCUT2D eigenvalue weighted by Crippen LogP contribution is 2.38. The first-order valence-electron chi connectivity index (χ1n) is 7.72. The van der Waals surface area contributed by atoms with Gasteiger partial charge in [0.15, 0.2) is 17.7 Å². The molecule has 22 heavy (non-hydrogen) atoms. The fourth-order valence-electron chi connectivity index (χ4n) is 3.57. The Morgan fingerprint density at radius 2 is 2.05 bits per heavy atom. The molecule has 3 aliphatic rings. The number of carbonyl (C=O) groups excluding carboxylic acids is 1. The summed E-state index contributed by atoms with van der Waals surface area (Å²) >= 11 is 0.